The van der Waals surface area contributed by atoms with E-state index in [-0.39, 0.29) is 48.3 Å². The van der Waals surface area contributed by atoms with Gasteiger partial charge in [-0.2, -0.15) is 17.5 Å². The van der Waals surface area contributed by atoms with Crippen molar-refractivity contribution in [1.82, 2.24) is 9.29 Å². The van der Waals surface area contributed by atoms with Gasteiger partial charge in [0.25, 0.3) is 0 Å². The first-order chi connectivity index (χ1) is 17.3. The Morgan fingerprint density at radius 1 is 1.24 bits per heavy atom. The van der Waals surface area contributed by atoms with Gasteiger partial charge in [0.2, 0.25) is 10.0 Å². The molecule has 3 aliphatic rings. The van der Waals surface area contributed by atoms with Crippen molar-refractivity contribution in [3.63, 3.8) is 0 Å². The van der Waals surface area contributed by atoms with E-state index in [1.165, 1.54) is 17.5 Å². The predicted octanol–water partition coefficient (Wildman–Crippen LogP) is 4.70. The molecule has 2 aromatic rings. The summed E-state index contributed by atoms with van der Waals surface area (Å²) in [6, 6.07) is 5.48. The zero-order chi connectivity index (χ0) is 26.8. The fraction of sp³-hybridized carbons (Fsp3) is 0.538. The Bertz CT molecular complexity index is 1340. The third kappa shape index (κ3) is 4.20. The maximum absolute atomic E-state index is 13.7. The minimum absolute atomic E-state index is 0.0172. The van der Waals surface area contributed by atoms with Crippen LogP contribution in [0.4, 0.5) is 13.2 Å². The summed E-state index contributed by atoms with van der Waals surface area (Å²) in [6.07, 6.45) is -1.90. The zero-order valence-electron chi connectivity index (χ0n) is 20.9. The van der Waals surface area contributed by atoms with Crippen LogP contribution >= 0.6 is 0 Å². The molecule has 0 unspecified atom stereocenters. The van der Waals surface area contributed by atoms with Gasteiger partial charge in [0.15, 0.2) is 11.5 Å². The number of nitrogens with zero attached hydrogens (tertiary/aromatic N) is 2. The van der Waals surface area contributed by atoms with Crippen LogP contribution in [0.1, 0.15) is 44.2 Å². The average molecular weight is 539 g/mol. The van der Waals surface area contributed by atoms with E-state index >= 15 is 0 Å². The van der Waals surface area contributed by atoms with Gasteiger partial charge in [-0.1, -0.05) is 13.8 Å². The number of carbonyl (C=O) groups excluding carboxylic acids is 1. The van der Waals surface area contributed by atoms with Crippen LogP contribution in [-0.2, 0) is 27.5 Å². The Hall–Kier alpha value is -2.66. The molecular weight excluding hydrogens is 509 g/mol. The van der Waals surface area contributed by atoms with Crippen molar-refractivity contribution >= 4 is 15.8 Å². The standard InChI is InChI=1S/C26H29F3N2O5S/c1-24(2)18-6-7-25(24,22(32)12-18)15-37(33,34)31-8-9-36-23-17(14-31)10-16(11-21(23)35-3)20-5-4-19(13-30-20)26(27,28)29/h4-5,10-11,13,18H,6-9,12,14-15H2,1-3H3/t18-,25-/m1/s1. The lowest BCUT2D eigenvalue weighted by Crippen LogP contribution is -2.46. The lowest BCUT2D eigenvalue weighted by atomic mass is 9.70. The van der Waals surface area contributed by atoms with Crippen LogP contribution in [0.25, 0.3) is 11.3 Å². The number of hydrogen-bond donors (Lipinski definition) is 0. The number of pyridine rings is 1. The lowest BCUT2D eigenvalue weighted by molar-refractivity contribution is -0.137. The smallest absolute Gasteiger partial charge is 0.417 e. The van der Waals surface area contributed by atoms with E-state index in [4.69, 9.17) is 9.47 Å². The molecule has 1 aromatic heterocycles. The Morgan fingerprint density at radius 2 is 2.00 bits per heavy atom. The number of hydrogen-bond acceptors (Lipinski definition) is 6. The first-order valence-electron chi connectivity index (χ1n) is 12.2. The van der Waals surface area contributed by atoms with Crippen molar-refractivity contribution in [2.45, 2.75) is 45.8 Å². The fourth-order valence-electron chi connectivity index (χ4n) is 6.24. The normalized spacial score (nSPS) is 25.5. The Labute approximate surface area is 214 Å². The van der Waals surface area contributed by atoms with Gasteiger partial charge in [-0.3, -0.25) is 9.78 Å². The van der Waals surface area contributed by atoms with Crippen LogP contribution in [-0.4, -0.2) is 49.5 Å². The summed E-state index contributed by atoms with van der Waals surface area (Å²) < 4.78 is 79.1. The summed E-state index contributed by atoms with van der Waals surface area (Å²) in [4.78, 5) is 16.9. The van der Waals surface area contributed by atoms with Gasteiger partial charge in [0.1, 0.15) is 12.4 Å². The van der Waals surface area contributed by atoms with Crippen LogP contribution < -0.4 is 9.47 Å². The molecule has 0 radical (unpaired) electrons. The van der Waals surface area contributed by atoms with Crippen LogP contribution in [0, 0.1) is 16.7 Å². The highest BCUT2D eigenvalue weighted by molar-refractivity contribution is 7.89. The van der Waals surface area contributed by atoms with Gasteiger partial charge >= 0.3 is 6.18 Å². The molecule has 0 saturated heterocycles. The Balaban J connectivity index is 1.47. The van der Waals surface area contributed by atoms with Crippen molar-refractivity contribution < 1.29 is 35.9 Å². The second-order valence-electron chi connectivity index (χ2n) is 10.7. The number of carbonyl (C=O) groups is 1. The topological polar surface area (TPSA) is 85.8 Å². The molecule has 0 amide bonds. The van der Waals surface area contributed by atoms with Crippen LogP contribution in [0.3, 0.4) is 0 Å². The van der Waals surface area contributed by atoms with E-state index in [0.29, 0.717) is 35.5 Å². The maximum Gasteiger partial charge on any atom is 0.417 e. The van der Waals surface area contributed by atoms with Crippen molar-refractivity contribution in [2.24, 2.45) is 16.7 Å². The molecule has 37 heavy (non-hydrogen) atoms. The van der Waals surface area contributed by atoms with Crippen molar-refractivity contribution in [3.05, 3.63) is 41.6 Å². The maximum atomic E-state index is 13.7. The highest BCUT2D eigenvalue weighted by Crippen LogP contribution is 2.64. The molecule has 1 aromatic carbocycles. The minimum atomic E-state index is -4.51. The van der Waals surface area contributed by atoms with Crippen molar-refractivity contribution in [3.8, 4) is 22.8 Å². The molecule has 5 rings (SSSR count). The van der Waals surface area contributed by atoms with E-state index in [1.807, 2.05) is 13.8 Å². The molecule has 7 nitrogen and oxygen atoms in total. The number of rotatable bonds is 5. The molecule has 1 aliphatic heterocycles. The molecule has 11 heteroatoms. The minimum Gasteiger partial charge on any atom is -0.493 e. The van der Waals surface area contributed by atoms with Crippen molar-refractivity contribution in [1.29, 1.82) is 0 Å². The number of halogens is 3. The molecule has 2 aliphatic carbocycles. The summed E-state index contributed by atoms with van der Waals surface area (Å²) in [5.74, 6) is 0.701. The molecule has 0 N–H and O–H groups in total. The van der Waals surface area contributed by atoms with Crippen LogP contribution in [0.5, 0.6) is 11.5 Å². The quantitative estimate of drug-likeness (QED) is 0.549. The molecule has 2 bridgehead atoms. The number of fused-ring (bicyclic) bond motifs is 3. The third-order valence-electron chi connectivity index (χ3n) is 8.63. The third-order valence-corrected chi connectivity index (χ3v) is 10.6. The highest BCUT2D eigenvalue weighted by atomic mass is 32.2. The van der Waals surface area contributed by atoms with Gasteiger partial charge in [-0.15, -0.1) is 0 Å². The van der Waals surface area contributed by atoms with Gasteiger partial charge < -0.3 is 9.47 Å². The number of sulfonamides is 1. The van der Waals surface area contributed by atoms with E-state index in [0.717, 1.165) is 18.7 Å². The molecular formula is C26H29F3N2O5S. The Kier molecular flexibility index (Phi) is 6.10. The van der Waals surface area contributed by atoms with Gasteiger partial charge in [-0.25, -0.2) is 8.42 Å². The summed E-state index contributed by atoms with van der Waals surface area (Å²) in [6.45, 7) is 4.17. The number of benzene rings is 1. The highest BCUT2D eigenvalue weighted by Gasteiger charge is 2.65. The second-order valence-corrected chi connectivity index (χ2v) is 12.7. The monoisotopic (exact) mass is 538 g/mol. The molecule has 2 atom stereocenters. The SMILES string of the molecule is COc1cc(-c2ccc(C(F)(F)F)cn2)cc2c1OCCN(S(=O)(=O)C[C@]13CC[C@H](CC1=O)C3(C)C)C2. The van der Waals surface area contributed by atoms with Crippen LogP contribution in [0.2, 0.25) is 0 Å². The summed E-state index contributed by atoms with van der Waals surface area (Å²) in [5, 5.41) is 0. The summed E-state index contributed by atoms with van der Waals surface area (Å²) >= 11 is 0. The largest absolute Gasteiger partial charge is 0.493 e. The number of methoxy groups -OCH3 is 1. The van der Waals surface area contributed by atoms with Gasteiger partial charge in [0.05, 0.1) is 24.1 Å². The number of Topliss-reactive ketones (excluding diaryl/α,β-unsaturated/α-hetero) is 1. The summed E-state index contributed by atoms with van der Waals surface area (Å²) in [5.41, 5.74) is -0.885. The number of alkyl halides is 3. The molecule has 2 saturated carbocycles. The summed E-state index contributed by atoms with van der Waals surface area (Å²) in [7, 11) is -2.41. The number of ketones is 1. The first-order valence-corrected chi connectivity index (χ1v) is 13.8. The molecule has 0 spiro atoms. The molecule has 2 fully saturated rings. The van der Waals surface area contributed by atoms with Crippen molar-refractivity contribution in [2.75, 3.05) is 26.0 Å². The first kappa shape index (κ1) is 26.0. The predicted molar refractivity (Wildman–Crippen MR) is 129 cm³/mol. The fourth-order valence-corrected chi connectivity index (χ4v) is 8.41. The Morgan fingerprint density at radius 3 is 2.57 bits per heavy atom. The van der Waals surface area contributed by atoms with E-state index in [9.17, 15) is 26.4 Å². The molecule has 200 valence electrons. The van der Waals surface area contributed by atoms with E-state index < -0.39 is 27.2 Å². The van der Waals surface area contributed by atoms with Crippen LogP contribution in [0.15, 0.2) is 30.5 Å². The average Bonchev–Trinajstić information content (AvgIpc) is 3.06. The van der Waals surface area contributed by atoms with E-state index in [2.05, 4.69) is 4.98 Å². The zero-order valence-corrected chi connectivity index (χ0v) is 21.7. The van der Waals surface area contributed by atoms with E-state index in [1.54, 1.807) is 12.1 Å². The second kappa shape index (κ2) is 8.69. The van der Waals surface area contributed by atoms with Gasteiger partial charge in [-0.05, 0) is 48.4 Å². The molecule has 2 heterocycles. The number of aromatic nitrogens is 1. The number of ether oxygens (including phenoxy) is 2. The lowest BCUT2D eigenvalue weighted by Gasteiger charge is -2.37. The van der Waals surface area contributed by atoms with Gasteiger partial charge in [0, 0.05) is 42.2 Å².